The number of carbonyl (C=O) groups is 4. The van der Waals surface area contributed by atoms with Crippen LogP contribution in [0.3, 0.4) is 0 Å². The van der Waals surface area contributed by atoms with Crippen LogP contribution >= 0.6 is 23.2 Å². The molecular weight excluding hydrogens is 471 g/mol. The first-order chi connectivity index (χ1) is 15.8. The number of carbonyl (C=O) groups excluding carboxylic acids is 4. The first kappa shape index (κ1) is 21.9. The molecule has 1 aliphatic heterocycles. The second-order valence-electron chi connectivity index (χ2n) is 8.49. The second-order valence-corrected chi connectivity index (χ2v) is 9.33. The summed E-state index contributed by atoms with van der Waals surface area (Å²) in [4.78, 5) is 49.4. The topological polar surface area (TPSA) is 96.0 Å². The Morgan fingerprint density at radius 1 is 1.03 bits per heavy atom. The van der Waals surface area contributed by atoms with Gasteiger partial charge in [0.1, 0.15) is 11.9 Å². The third-order valence-corrected chi connectivity index (χ3v) is 7.19. The Labute approximate surface area is 198 Å². The molecule has 3 fully saturated rings. The number of rotatable bonds is 6. The summed E-state index contributed by atoms with van der Waals surface area (Å²) in [6.07, 6.45) is 1.40. The van der Waals surface area contributed by atoms with Gasteiger partial charge in [-0.3, -0.25) is 14.4 Å². The fraction of sp³-hybridized carbons (Fsp3) is 0.333. The molecule has 33 heavy (non-hydrogen) atoms. The molecule has 0 N–H and O–H groups in total. The van der Waals surface area contributed by atoms with Gasteiger partial charge in [0.2, 0.25) is 0 Å². The molecule has 2 aromatic rings. The van der Waals surface area contributed by atoms with E-state index in [4.69, 9.17) is 37.4 Å². The lowest BCUT2D eigenvalue weighted by molar-refractivity contribution is -0.154. The van der Waals surface area contributed by atoms with Gasteiger partial charge in [-0.15, -0.1) is 0 Å². The molecule has 1 saturated heterocycles. The summed E-state index contributed by atoms with van der Waals surface area (Å²) >= 11 is 11.8. The van der Waals surface area contributed by atoms with Crippen molar-refractivity contribution in [2.75, 3.05) is 6.61 Å². The fourth-order valence-electron chi connectivity index (χ4n) is 5.17. The molecule has 2 aliphatic carbocycles. The highest BCUT2D eigenvalue weighted by molar-refractivity contribution is 6.36. The molecule has 170 valence electrons. The predicted octanol–water partition coefficient (Wildman–Crippen LogP) is 4.14. The zero-order chi connectivity index (χ0) is 23.3. The van der Waals surface area contributed by atoms with E-state index in [9.17, 15) is 19.2 Å². The van der Waals surface area contributed by atoms with Crippen LogP contribution in [0.25, 0.3) is 0 Å². The monoisotopic (exact) mass is 488 g/mol. The summed E-state index contributed by atoms with van der Waals surface area (Å²) in [7, 11) is 0. The number of ether oxygens (including phenoxy) is 3. The largest absolute Gasteiger partial charge is 0.462 e. The van der Waals surface area contributed by atoms with Crippen molar-refractivity contribution in [3.8, 4) is 5.75 Å². The zero-order valence-corrected chi connectivity index (χ0v) is 18.7. The average molecular weight is 489 g/mol. The second kappa shape index (κ2) is 8.47. The molecule has 5 atom stereocenters. The molecule has 1 heterocycles. The minimum absolute atomic E-state index is 0.0680. The molecule has 7 nitrogen and oxygen atoms in total. The highest BCUT2D eigenvalue weighted by Gasteiger charge is 2.64. The van der Waals surface area contributed by atoms with E-state index in [0.29, 0.717) is 17.0 Å². The van der Waals surface area contributed by atoms with Crippen LogP contribution in [-0.4, -0.2) is 36.4 Å². The number of fused-ring (bicyclic) bond motifs is 1. The van der Waals surface area contributed by atoms with Crippen molar-refractivity contribution < 1.29 is 33.4 Å². The summed E-state index contributed by atoms with van der Waals surface area (Å²) < 4.78 is 15.9. The lowest BCUT2D eigenvalue weighted by Crippen LogP contribution is -2.34. The summed E-state index contributed by atoms with van der Waals surface area (Å²) in [5, 5.41) is 0.561. The standard InChI is InChI=1S/C24H18Cl2O7/c25-13-3-6-15(17(26)9-13)22(28)32-14-4-1-11(2-5-14)18(27)10-31-23(29)20-12-7-16-19(8-12)33-24(30)21(16)20/h1-6,9,12,16,19-21H,7-8,10H2/t12-,16+,19+,20-,21-/m1/s1. The molecule has 0 unspecified atom stereocenters. The van der Waals surface area contributed by atoms with Gasteiger partial charge in [0.25, 0.3) is 0 Å². The van der Waals surface area contributed by atoms with Crippen molar-refractivity contribution in [3.63, 3.8) is 0 Å². The van der Waals surface area contributed by atoms with E-state index in [1.807, 2.05) is 0 Å². The third-order valence-electron chi connectivity index (χ3n) is 6.64. The quantitative estimate of drug-likeness (QED) is 0.342. The van der Waals surface area contributed by atoms with Crippen LogP contribution < -0.4 is 4.74 Å². The molecule has 0 aromatic heterocycles. The minimum Gasteiger partial charge on any atom is -0.462 e. The zero-order valence-electron chi connectivity index (χ0n) is 17.2. The molecule has 5 rings (SSSR count). The van der Waals surface area contributed by atoms with E-state index in [1.54, 1.807) is 0 Å². The van der Waals surface area contributed by atoms with Crippen LogP contribution in [-0.2, 0) is 19.1 Å². The number of esters is 3. The van der Waals surface area contributed by atoms with Crippen LogP contribution in [0.1, 0.15) is 33.6 Å². The molecular formula is C24H18Cl2O7. The highest BCUT2D eigenvalue weighted by atomic mass is 35.5. The Balaban J connectivity index is 1.17. The molecule has 0 radical (unpaired) electrons. The first-order valence-corrected chi connectivity index (χ1v) is 11.2. The first-order valence-electron chi connectivity index (χ1n) is 10.5. The maximum Gasteiger partial charge on any atom is 0.345 e. The predicted molar refractivity (Wildman–Crippen MR) is 116 cm³/mol. The van der Waals surface area contributed by atoms with E-state index < -0.39 is 36.2 Å². The van der Waals surface area contributed by atoms with Gasteiger partial charge >= 0.3 is 17.9 Å². The molecule has 2 bridgehead atoms. The summed E-state index contributed by atoms with van der Waals surface area (Å²) in [5.41, 5.74) is 0.451. The van der Waals surface area contributed by atoms with E-state index in [2.05, 4.69) is 0 Å². The van der Waals surface area contributed by atoms with Crippen LogP contribution in [0.5, 0.6) is 5.75 Å². The Morgan fingerprint density at radius 3 is 2.52 bits per heavy atom. The van der Waals surface area contributed by atoms with Crippen molar-refractivity contribution in [2.24, 2.45) is 23.7 Å². The number of ketones is 1. The number of hydrogen-bond acceptors (Lipinski definition) is 7. The molecule has 0 spiro atoms. The van der Waals surface area contributed by atoms with E-state index in [0.717, 1.165) is 6.42 Å². The highest BCUT2D eigenvalue weighted by Crippen LogP contribution is 2.57. The number of benzene rings is 2. The minimum atomic E-state index is -0.664. The number of hydrogen-bond donors (Lipinski definition) is 0. The Bertz CT molecular complexity index is 1160. The maximum atomic E-state index is 12.6. The Morgan fingerprint density at radius 2 is 1.79 bits per heavy atom. The fourth-order valence-corrected chi connectivity index (χ4v) is 5.65. The van der Waals surface area contributed by atoms with E-state index in [1.165, 1.54) is 42.5 Å². The van der Waals surface area contributed by atoms with E-state index >= 15 is 0 Å². The van der Waals surface area contributed by atoms with Crippen LogP contribution in [0.15, 0.2) is 42.5 Å². The maximum absolute atomic E-state index is 12.6. The summed E-state index contributed by atoms with van der Waals surface area (Å²) in [5.74, 6) is -2.52. The van der Waals surface area contributed by atoms with Crippen molar-refractivity contribution in [1.29, 1.82) is 0 Å². The van der Waals surface area contributed by atoms with Crippen LogP contribution in [0.4, 0.5) is 0 Å². The van der Waals surface area contributed by atoms with Gasteiger partial charge < -0.3 is 14.2 Å². The van der Waals surface area contributed by atoms with Crippen molar-refractivity contribution in [3.05, 3.63) is 63.6 Å². The van der Waals surface area contributed by atoms with Gasteiger partial charge in [-0.1, -0.05) is 23.2 Å². The van der Waals surface area contributed by atoms with Crippen LogP contribution in [0.2, 0.25) is 10.0 Å². The molecule has 3 aliphatic rings. The number of halogens is 2. The van der Waals surface area contributed by atoms with Gasteiger partial charge in [0, 0.05) is 16.5 Å². The molecule has 9 heteroatoms. The third kappa shape index (κ3) is 4.00. The Kier molecular flexibility index (Phi) is 5.62. The molecule has 2 saturated carbocycles. The van der Waals surface area contributed by atoms with Gasteiger partial charge in [0.15, 0.2) is 12.4 Å². The van der Waals surface area contributed by atoms with Crippen molar-refractivity contribution in [1.82, 2.24) is 0 Å². The lowest BCUT2D eigenvalue weighted by atomic mass is 9.80. The molecule has 2 aromatic carbocycles. The van der Waals surface area contributed by atoms with Crippen LogP contribution in [0, 0.1) is 23.7 Å². The smallest absolute Gasteiger partial charge is 0.345 e. The van der Waals surface area contributed by atoms with Gasteiger partial charge in [-0.25, -0.2) is 4.79 Å². The summed E-state index contributed by atoms with van der Waals surface area (Å²) in [6.45, 7) is -0.433. The van der Waals surface area contributed by atoms with Crippen molar-refractivity contribution >= 4 is 46.9 Å². The molecule has 0 amide bonds. The van der Waals surface area contributed by atoms with Gasteiger partial charge in [0.05, 0.1) is 22.4 Å². The van der Waals surface area contributed by atoms with E-state index in [-0.39, 0.29) is 40.2 Å². The number of Topliss-reactive ketones (excluding diaryl/α,β-unsaturated/α-hetero) is 1. The van der Waals surface area contributed by atoms with Gasteiger partial charge in [-0.05, 0) is 61.2 Å². The average Bonchev–Trinajstić information content (AvgIpc) is 3.40. The van der Waals surface area contributed by atoms with Gasteiger partial charge in [-0.2, -0.15) is 0 Å². The lowest BCUT2D eigenvalue weighted by Gasteiger charge is -2.22. The summed E-state index contributed by atoms with van der Waals surface area (Å²) in [6, 6.07) is 10.3. The Hall–Kier alpha value is -2.90. The normalized spacial score (nSPS) is 26.7. The van der Waals surface area contributed by atoms with Crippen molar-refractivity contribution in [2.45, 2.75) is 18.9 Å². The SMILES string of the molecule is O=C(COC(=O)[C@@H]1[C@@H]2C[C@@H]3[C@H]1C(=O)O[C@H]3C2)c1ccc(OC(=O)c2ccc(Cl)cc2Cl)cc1.